The second-order valence-corrected chi connectivity index (χ2v) is 6.31. The number of hydrogen-bond donors (Lipinski definition) is 3. The number of carboxylic acids is 1. The van der Waals surface area contributed by atoms with Crippen LogP contribution in [0.1, 0.15) is 30.1 Å². The minimum atomic E-state index is -3.80. The predicted octanol–water partition coefficient (Wildman–Crippen LogP) is 1.48. The van der Waals surface area contributed by atoms with Crippen LogP contribution in [-0.4, -0.2) is 37.2 Å². The summed E-state index contributed by atoms with van der Waals surface area (Å²) < 4.78 is 26.7. The molecule has 0 radical (unpaired) electrons. The first-order chi connectivity index (χ1) is 9.31. The van der Waals surface area contributed by atoms with E-state index in [1.165, 1.54) is 6.07 Å². The number of aromatic carboxylic acids is 1. The van der Waals surface area contributed by atoms with Crippen LogP contribution in [0.4, 0.5) is 0 Å². The molecular weight excluding hydrogens is 306 g/mol. The van der Waals surface area contributed by atoms with Gasteiger partial charge in [-0.1, -0.05) is 18.5 Å². The van der Waals surface area contributed by atoms with Gasteiger partial charge in [0.25, 0.3) is 0 Å². The topological polar surface area (TPSA) is 104 Å². The molecule has 0 amide bonds. The third kappa shape index (κ3) is 4.17. The molecule has 112 valence electrons. The average molecular weight is 322 g/mol. The summed E-state index contributed by atoms with van der Waals surface area (Å²) in [6.45, 7) is 1.67. The number of aliphatic hydroxyl groups is 1. The molecule has 0 saturated carbocycles. The molecule has 3 N–H and O–H groups in total. The summed E-state index contributed by atoms with van der Waals surface area (Å²) in [7, 11) is -3.80. The second-order valence-electron chi connectivity index (χ2n) is 4.19. The summed E-state index contributed by atoms with van der Waals surface area (Å²) >= 11 is 5.75. The maximum absolute atomic E-state index is 12.1. The number of aliphatic hydroxyl groups excluding tert-OH is 1. The first kappa shape index (κ1) is 16.9. The Morgan fingerprint density at radius 1 is 1.45 bits per heavy atom. The van der Waals surface area contributed by atoms with Gasteiger partial charge in [-0.05, 0) is 31.0 Å². The molecule has 0 aliphatic rings. The number of sulfonamides is 1. The summed E-state index contributed by atoms with van der Waals surface area (Å²) in [4.78, 5) is 10.7. The van der Waals surface area contributed by atoms with E-state index < -0.39 is 16.0 Å². The Kier molecular flexibility index (Phi) is 5.94. The molecule has 1 aromatic rings. The number of halogens is 1. The second kappa shape index (κ2) is 7.03. The van der Waals surface area contributed by atoms with Gasteiger partial charge in [0.2, 0.25) is 10.0 Å². The van der Waals surface area contributed by atoms with Crippen LogP contribution < -0.4 is 4.72 Å². The van der Waals surface area contributed by atoms with Gasteiger partial charge in [0, 0.05) is 12.6 Å². The van der Waals surface area contributed by atoms with Gasteiger partial charge in [-0.2, -0.15) is 0 Å². The van der Waals surface area contributed by atoms with Crippen molar-refractivity contribution in [3.8, 4) is 0 Å². The zero-order valence-electron chi connectivity index (χ0n) is 10.8. The Labute approximate surface area is 122 Å². The van der Waals surface area contributed by atoms with Gasteiger partial charge < -0.3 is 10.2 Å². The Bertz CT molecular complexity index is 588. The number of carboxylic acid groups (broad SMARTS) is 1. The summed E-state index contributed by atoms with van der Waals surface area (Å²) in [6.07, 6.45) is 0.831. The molecule has 0 spiro atoms. The van der Waals surface area contributed by atoms with Crippen LogP contribution in [0.25, 0.3) is 0 Å². The van der Waals surface area contributed by atoms with Gasteiger partial charge in [0.05, 0.1) is 15.5 Å². The largest absolute Gasteiger partial charge is 0.478 e. The van der Waals surface area contributed by atoms with Crippen LogP contribution in [0.2, 0.25) is 5.02 Å². The van der Waals surface area contributed by atoms with Crippen LogP contribution in [0.3, 0.4) is 0 Å². The van der Waals surface area contributed by atoms with Crippen molar-refractivity contribution in [3.05, 3.63) is 28.8 Å². The van der Waals surface area contributed by atoms with Crippen LogP contribution in [-0.2, 0) is 10.0 Å². The lowest BCUT2D eigenvalue weighted by Crippen LogP contribution is -2.35. The number of rotatable bonds is 7. The summed E-state index contributed by atoms with van der Waals surface area (Å²) in [5.41, 5.74) is -0.159. The zero-order chi connectivity index (χ0) is 15.3. The Morgan fingerprint density at radius 3 is 2.55 bits per heavy atom. The van der Waals surface area contributed by atoms with Crippen molar-refractivity contribution in [2.24, 2.45) is 0 Å². The van der Waals surface area contributed by atoms with Crippen molar-refractivity contribution in [1.29, 1.82) is 0 Å². The van der Waals surface area contributed by atoms with E-state index in [1.54, 1.807) is 6.92 Å². The number of hydrogen-bond acceptors (Lipinski definition) is 4. The van der Waals surface area contributed by atoms with E-state index in [0.717, 1.165) is 12.1 Å². The molecular formula is C12H16ClNO5S. The van der Waals surface area contributed by atoms with Crippen LogP contribution in [0.15, 0.2) is 23.1 Å². The molecule has 6 nitrogen and oxygen atoms in total. The predicted molar refractivity (Wildman–Crippen MR) is 74.5 cm³/mol. The fraction of sp³-hybridized carbons (Fsp3) is 0.417. The lowest BCUT2D eigenvalue weighted by molar-refractivity contribution is 0.0697. The normalized spacial score (nSPS) is 13.2. The molecule has 0 saturated heterocycles. The van der Waals surface area contributed by atoms with Gasteiger partial charge in [-0.15, -0.1) is 0 Å². The Balaban J connectivity index is 3.04. The minimum Gasteiger partial charge on any atom is -0.478 e. The Morgan fingerprint density at radius 2 is 2.10 bits per heavy atom. The van der Waals surface area contributed by atoms with E-state index in [-0.39, 0.29) is 28.1 Å². The van der Waals surface area contributed by atoms with Crippen LogP contribution in [0.5, 0.6) is 0 Å². The molecule has 0 aromatic heterocycles. The van der Waals surface area contributed by atoms with Gasteiger partial charge in [0.15, 0.2) is 0 Å². The Hall–Kier alpha value is -1.15. The maximum atomic E-state index is 12.1. The zero-order valence-corrected chi connectivity index (χ0v) is 12.4. The van der Waals surface area contributed by atoms with Crippen molar-refractivity contribution in [1.82, 2.24) is 4.72 Å². The summed E-state index contributed by atoms with van der Waals surface area (Å²) in [6, 6.07) is 3.04. The average Bonchev–Trinajstić information content (AvgIpc) is 2.37. The first-order valence-corrected chi connectivity index (χ1v) is 7.84. The molecule has 0 heterocycles. The number of nitrogens with one attached hydrogen (secondary N) is 1. The lowest BCUT2D eigenvalue weighted by atomic mass is 10.2. The molecule has 1 unspecified atom stereocenters. The van der Waals surface area contributed by atoms with E-state index in [1.807, 2.05) is 0 Å². The van der Waals surface area contributed by atoms with Crippen molar-refractivity contribution in [3.63, 3.8) is 0 Å². The highest BCUT2D eigenvalue weighted by atomic mass is 35.5. The van der Waals surface area contributed by atoms with Gasteiger partial charge in [0.1, 0.15) is 0 Å². The highest BCUT2D eigenvalue weighted by Gasteiger charge is 2.20. The van der Waals surface area contributed by atoms with Crippen LogP contribution in [0, 0.1) is 0 Å². The van der Waals surface area contributed by atoms with E-state index in [9.17, 15) is 13.2 Å². The molecule has 1 rings (SSSR count). The van der Waals surface area contributed by atoms with E-state index in [2.05, 4.69) is 4.72 Å². The van der Waals surface area contributed by atoms with Crippen LogP contribution >= 0.6 is 11.6 Å². The highest BCUT2D eigenvalue weighted by molar-refractivity contribution is 7.89. The van der Waals surface area contributed by atoms with Crippen molar-refractivity contribution < 1.29 is 23.4 Å². The molecule has 0 bridgehead atoms. The van der Waals surface area contributed by atoms with Crippen molar-refractivity contribution in [2.75, 3.05) is 6.61 Å². The van der Waals surface area contributed by atoms with E-state index >= 15 is 0 Å². The fourth-order valence-corrected chi connectivity index (χ4v) is 3.33. The summed E-state index contributed by atoms with van der Waals surface area (Å²) in [5.74, 6) is -1.22. The molecule has 8 heteroatoms. The summed E-state index contributed by atoms with van der Waals surface area (Å²) in [5, 5.41) is 17.5. The monoisotopic (exact) mass is 321 g/mol. The maximum Gasteiger partial charge on any atom is 0.337 e. The molecule has 1 aromatic carbocycles. The van der Waals surface area contributed by atoms with Gasteiger partial charge in [-0.3, -0.25) is 0 Å². The standard InChI is InChI=1S/C12H16ClNO5S/c1-2-8(5-6-15)14-20(18,19)9-3-4-10(12(16)17)11(13)7-9/h3-4,7-8,14-15H,2,5-6H2,1H3,(H,16,17). The number of carbonyl (C=O) groups is 1. The minimum absolute atomic E-state index is 0.108. The van der Waals surface area contributed by atoms with E-state index in [4.69, 9.17) is 21.8 Å². The fourth-order valence-electron chi connectivity index (χ4n) is 1.63. The molecule has 0 aliphatic heterocycles. The third-order valence-electron chi connectivity index (χ3n) is 2.77. The van der Waals surface area contributed by atoms with Crippen molar-refractivity contribution in [2.45, 2.75) is 30.7 Å². The molecule has 0 fully saturated rings. The van der Waals surface area contributed by atoms with Gasteiger partial charge >= 0.3 is 5.97 Å². The first-order valence-electron chi connectivity index (χ1n) is 5.97. The highest BCUT2D eigenvalue weighted by Crippen LogP contribution is 2.21. The molecule has 0 aliphatic carbocycles. The van der Waals surface area contributed by atoms with Crippen molar-refractivity contribution >= 4 is 27.6 Å². The third-order valence-corrected chi connectivity index (χ3v) is 4.60. The number of benzene rings is 1. The molecule has 20 heavy (non-hydrogen) atoms. The quantitative estimate of drug-likeness (QED) is 0.705. The SMILES string of the molecule is CCC(CCO)NS(=O)(=O)c1ccc(C(=O)O)c(Cl)c1. The van der Waals surface area contributed by atoms with Gasteiger partial charge in [-0.25, -0.2) is 17.9 Å². The molecule has 1 atom stereocenters. The lowest BCUT2D eigenvalue weighted by Gasteiger charge is -2.16. The smallest absolute Gasteiger partial charge is 0.337 e. The van der Waals surface area contributed by atoms with E-state index in [0.29, 0.717) is 12.8 Å².